The molecule has 1 atom stereocenters. The Bertz CT molecular complexity index is 1020. The molecule has 1 aliphatic rings. The van der Waals surface area contributed by atoms with E-state index in [4.69, 9.17) is 5.11 Å². The third-order valence-corrected chi connectivity index (χ3v) is 5.56. The van der Waals surface area contributed by atoms with E-state index < -0.39 is 5.97 Å². The Morgan fingerprint density at radius 1 is 1.07 bits per heavy atom. The molecule has 0 radical (unpaired) electrons. The number of fused-ring (bicyclic) bond motifs is 1. The number of aliphatic carboxylic acids is 1. The highest BCUT2D eigenvalue weighted by Gasteiger charge is 2.30. The first-order chi connectivity index (χ1) is 14.6. The molecule has 2 aromatic carbocycles. The summed E-state index contributed by atoms with van der Waals surface area (Å²) in [6.07, 6.45) is 2.01. The number of aromatic amines is 1. The van der Waals surface area contributed by atoms with Crippen LogP contribution in [0.4, 0.5) is 5.69 Å². The lowest BCUT2D eigenvalue weighted by molar-refractivity contribution is -0.136. The Morgan fingerprint density at radius 3 is 2.63 bits per heavy atom. The van der Waals surface area contributed by atoms with Gasteiger partial charge in [-0.1, -0.05) is 36.4 Å². The zero-order valence-electron chi connectivity index (χ0n) is 16.8. The molecule has 0 spiro atoms. The van der Waals surface area contributed by atoms with Crippen molar-refractivity contribution in [3.8, 4) is 0 Å². The lowest BCUT2D eigenvalue weighted by atomic mass is 10.0. The highest BCUT2D eigenvalue weighted by molar-refractivity contribution is 5.84. The number of nitrogens with one attached hydrogen (secondary N) is 2. The zero-order chi connectivity index (χ0) is 20.9. The number of amides is 1. The van der Waals surface area contributed by atoms with Gasteiger partial charge in [0, 0.05) is 54.5 Å². The van der Waals surface area contributed by atoms with Crippen molar-refractivity contribution in [2.24, 2.45) is 0 Å². The van der Waals surface area contributed by atoms with Gasteiger partial charge in [0.2, 0.25) is 5.91 Å². The molecule has 3 aromatic rings. The summed E-state index contributed by atoms with van der Waals surface area (Å²) in [4.78, 5) is 30.8. The summed E-state index contributed by atoms with van der Waals surface area (Å²) in [5, 5.41) is 12.6. The standard InChI is InChI=1S/C23H26N4O3/c28-22(24-11-10-23(29)30)16-26-12-13-27(17-6-2-1-3-7-17)21(15-26)19-14-25-20-9-5-4-8-18(19)20/h1-9,14,21,25H,10-13,15-16H2,(H,24,28)(H,29,30). The molecule has 1 fully saturated rings. The number of benzene rings is 2. The second-order valence-corrected chi connectivity index (χ2v) is 7.56. The van der Waals surface area contributed by atoms with Crippen LogP contribution >= 0.6 is 0 Å². The van der Waals surface area contributed by atoms with Gasteiger partial charge in [0.05, 0.1) is 19.0 Å². The Balaban J connectivity index is 1.54. The Labute approximate surface area is 175 Å². The number of aromatic nitrogens is 1. The van der Waals surface area contributed by atoms with Crippen molar-refractivity contribution in [2.45, 2.75) is 12.5 Å². The molecule has 0 aliphatic carbocycles. The first kappa shape index (κ1) is 20.0. The predicted octanol–water partition coefficient (Wildman–Crippen LogP) is 2.62. The van der Waals surface area contributed by atoms with Gasteiger partial charge in [-0.2, -0.15) is 0 Å². The number of nitrogens with zero attached hydrogens (tertiary/aromatic N) is 2. The molecule has 30 heavy (non-hydrogen) atoms. The Morgan fingerprint density at radius 2 is 1.83 bits per heavy atom. The number of hydrogen-bond donors (Lipinski definition) is 3. The van der Waals surface area contributed by atoms with Crippen LogP contribution in [0.3, 0.4) is 0 Å². The lowest BCUT2D eigenvalue weighted by Crippen LogP contribution is -2.51. The molecule has 2 heterocycles. The van der Waals surface area contributed by atoms with Gasteiger partial charge < -0.3 is 20.3 Å². The van der Waals surface area contributed by atoms with E-state index in [9.17, 15) is 9.59 Å². The second kappa shape index (κ2) is 9.00. The average Bonchev–Trinajstić information content (AvgIpc) is 3.18. The number of hydrogen-bond acceptors (Lipinski definition) is 4. The van der Waals surface area contributed by atoms with E-state index in [0.717, 1.165) is 18.6 Å². The second-order valence-electron chi connectivity index (χ2n) is 7.56. The predicted molar refractivity (Wildman–Crippen MR) is 117 cm³/mol. The fourth-order valence-corrected chi connectivity index (χ4v) is 4.12. The van der Waals surface area contributed by atoms with Gasteiger partial charge in [0.1, 0.15) is 0 Å². The maximum Gasteiger partial charge on any atom is 0.305 e. The van der Waals surface area contributed by atoms with Crippen LogP contribution in [0.2, 0.25) is 0 Å². The smallest absolute Gasteiger partial charge is 0.305 e. The van der Waals surface area contributed by atoms with Crippen molar-refractivity contribution < 1.29 is 14.7 Å². The SMILES string of the molecule is O=C(O)CCNC(=O)CN1CCN(c2ccccc2)C(c2c[nH]c3ccccc23)C1. The van der Waals surface area contributed by atoms with E-state index in [1.54, 1.807) is 0 Å². The van der Waals surface area contributed by atoms with Crippen LogP contribution in [0, 0.1) is 0 Å². The van der Waals surface area contributed by atoms with E-state index >= 15 is 0 Å². The number of carbonyl (C=O) groups is 2. The van der Waals surface area contributed by atoms with Crippen LogP contribution in [0.15, 0.2) is 60.8 Å². The zero-order valence-corrected chi connectivity index (χ0v) is 16.8. The summed E-state index contributed by atoms with van der Waals surface area (Å²) >= 11 is 0. The number of piperazine rings is 1. The van der Waals surface area contributed by atoms with Gasteiger partial charge in [-0.25, -0.2) is 0 Å². The molecule has 156 valence electrons. The van der Waals surface area contributed by atoms with Crippen LogP contribution in [-0.4, -0.2) is 59.6 Å². The number of carboxylic acid groups (broad SMARTS) is 1. The lowest BCUT2D eigenvalue weighted by Gasteiger charge is -2.42. The largest absolute Gasteiger partial charge is 0.481 e. The van der Waals surface area contributed by atoms with E-state index in [2.05, 4.69) is 50.6 Å². The van der Waals surface area contributed by atoms with Gasteiger partial charge in [-0.15, -0.1) is 0 Å². The summed E-state index contributed by atoms with van der Waals surface area (Å²) in [6, 6.07) is 18.7. The maximum atomic E-state index is 12.3. The van der Waals surface area contributed by atoms with Gasteiger partial charge in [0.25, 0.3) is 0 Å². The fourth-order valence-electron chi connectivity index (χ4n) is 4.12. The van der Waals surface area contributed by atoms with Crippen LogP contribution in [-0.2, 0) is 9.59 Å². The first-order valence-electron chi connectivity index (χ1n) is 10.2. The fraction of sp³-hybridized carbons (Fsp3) is 0.304. The molecule has 1 saturated heterocycles. The molecule has 1 amide bonds. The molecule has 1 aromatic heterocycles. The Kier molecular flexibility index (Phi) is 5.99. The summed E-state index contributed by atoms with van der Waals surface area (Å²) in [5.74, 6) is -1.05. The topological polar surface area (TPSA) is 88.7 Å². The molecular formula is C23H26N4O3. The number of carbonyl (C=O) groups excluding carboxylic acids is 1. The molecule has 1 unspecified atom stereocenters. The van der Waals surface area contributed by atoms with E-state index in [1.807, 2.05) is 30.3 Å². The van der Waals surface area contributed by atoms with Gasteiger partial charge in [-0.3, -0.25) is 14.5 Å². The summed E-state index contributed by atoms with van der Waals surface area (Å²) in [7, 11) is 0. The molecule has 4 rings (SSSR count). The van der Waals surface area contributed by atoms with Crippen molar-refractivity contribution in [2.75, 3.05) is 37.6 Å². The average molecular weight is 406 g/mol. The molecule has 1 aliphatic heterocycles. The van der Waals surface area contributed by atoms with E-state index in [0.29, 0.717) is 6.54 Å². The van der Waals surface area contributed by atoms with Gasteiger partial charge in [0.15, 0.2) is 0 Å². The van der Waals surface area contributed by atoms with Crippen molar-refractivity contribution >= 4 is 28.5 Å². The number of carboxylic acids is 1. The van der Waals surface area contributed by atoms with E-state index in [-0.39, 0.29) is 31.5 Å². The normalized spacial score (nSPS) is 17.2. The highest BCUT2D eigenvalue weighted by atomic mass is 16.4. The minimum Gasteiger partial charge on any atom is -0.481 e. The van der Waals surface area contributed by atoms with Crippen LogP contribution < -0.4 is 10.2 Å². The third-order valence-electron chi connectivity index (χ3n) is 5.56. The van der Waals surface area contributed by atoms with Crippen LogP contribution in [0.5, 0.6) is 0 Å². The number of para-hydroxylation sites is 2. The van der Waals surface area contributed by atoms with Crippen LogP contribution in [0.1, 0.15) is 18.0 Å². The summed E-state index contributed by atoms with van der Waals surface area (Å²) in [6.45, 7) is 2.70. The van der Waals surface area contributed by atoms with Crippen molar-refractivity contribution in [3.63, 3.8) is 0 Å². The first-order valence-corrected chi connectivity index (χ1v) is 10.2. The van der Waals surface area contributed by atoms with Gasteiger partial charge >= 0.3 is 5.97 Å². The quantitative estimate of drug-likeness (QED) is 0.561. The minimum absolute atomic E-state index is 0.0640. The van der Waals surface area contributed by atoms with Crippen molar-refractivity contribution in [1.29, 1.82) is 0 Å². The maximum absolute atomic E-state index is 12.3. The Hall–Kier alpha value is -3.32. The molecular weight excluding hydrogens is 380 g/mol. The monoisotopic (exact) mass is 406 g/mol. The summed E-state index contributed by atoms with van der Waals surface area (Å²) < 4.78 is 0. The minimum atomic E-state index is -0.911. The molecule has 7 heteroatoms. The van der Waals surface area contributed by atoms with Gasteiger partial charge in [-0.05, 0) is 18.2 Å². The number of H-pyrrole nitrogens is 1. The molecule has 3 N–H and O–H groups in total. The molecule has 0 bridgehead atoms. The summed E-state index contributed by atoms with van der Waals surface area (Å²) in [5.41, 5.74) is 3.48. The van der Waals surface area contributed by atoms with Crippen LogP contribution in [0.25, 0.3) is 10.9 Å². The van der Waals surface area contributed by atoms with E-state index in [1.165, 1.54) is 16.6 Å². The van der Waals surface area contributed by atoms with Crippen molar-refractivity contribution in [3.05, 3.63) is 66.4 Å². The highest BCUT2D eigenvalue weighted by Crippen LogP contribution is 2.34. The molecule has 7 nitrogen and oxygen atoms in total. The third kappa shape index (κ3) is 4.46. The number of anilines is 1. The molecule has 0 saturated carbocycles. The van der Waals surface area contributed by atoms with Crippen molar-refractivity contribution in [1.82, 2.24) is 15.2 Å². The number of rotatable bonds is 7.